The first-order chi connectivity index (χ1) is 63.1. The van der Waals surface area contributed by atoms with Crippen LogP contribution in [-0.4, -0.2) is 144 Å². The molecule has 0 saturated carbocycles. The van der Waals surface area contributed by atoms with Gasteiger partial charge >= 0.3 is 0 Å². The Morgan fingerprint density at radius 1 is 0.140 bits per heavy atom. The van der Waals surface area contributed by atoms with Crippen LogP contribution in [0.3, 0.4) is 0 Å². The van der Waals surface area contributed by atoms with Crippen LogP contribution in [-0.2, 0) is 0 Å². The van der Waals surface area contributed by atoms with E-state index in [0.717, 1.165) is 0 Å². The minimum absolute atomic E-state index is 0.169. The van der Waals surface area contributed by atoms with Gasteiger partial charge < -0.3 is 9.97 Å². The van der Waals surface area contributed by atoms with E-state index >= 15 is 0 Å². The van der Waals surface area contributed by atoms with Crippen molar-refractivity contribution >= 4 is 109 Å². The Labute approximate surface area is 831 Å². The van der Waals surface area contributed by atoms with Crippen LogP contribution in [0, 0.1) is 91.7 Å². The van der Waals surface area contributed by atoms with Gasteiger partial charge in [0.2, 0.25) is 0 Å². The lowest BCUT2D eigenvalue weighted by Gasteiger charge is -2.38. The highest BCUT2D eigenvalue weighted by molar-refractivity contribution is 6.94. The second kappa shape index (κ2) is 43.1. The first-order valence-electron chi connectivity index (χ1n) is 51.9. The number of nitrogens with one attached hydrogen (secondary N) is 2. The molecule has 16 nitrogen and oxygen atoms in total. The molecule has 2 aliphatic rings. The zero-order chi connectivity index (χ0) is 102. The number of aromatic nitrogens is 16. The van der Waals surface area contributed by atoms with Gasteiger partial charge in [-0.3, -0.25) is 0 Å². The maximum Gasteiger partial charge on any atom is 0.185 e. The molecule has 0 aliphatic carbocycles. The first kappa shape index (κ1) is 112. The maximum atomic E-state index is 5.83. The topological polar surface area (TPSA) is 212 Å². The average Bonchev–Trinajstić information content (AvgIpc) is 1.58. The quantitative estimate of drug-likeness (QED) is 0.0426. The third-order valence-corrected chi connectivity index (χ3v) is 83.5. The van der Waals surface area contributed by atoms with E-state index in [2.05, 4.69) is 434 Å². The van der Waals surface area contributed by atoms with E-state index in [9.17, 15) is 0 Å². The number of nitrogens with zero attached hydrogens (tertiary/aromatic N) is 14. The lowest BCUT2D eigenvalue weighted by Crippen LogP contribution is -2.43. The summed E-state index contributed by atoms with van der Waals surface area (Å²) in [5.74, 6) is 31.4. The Balaban J connectivity index is 1.74. The molecule has 136 heavy (non-hydrogen) atoms. The Hall–Kier alpha value is -8.10. The van der Waals surface area contributed by atoms with Crippen molar-refractivity contribution in [1.82, 2.24) is 79.7 Å². The summed E-state index contributed by atoms with van der Waals surface area (Å²) in [6.07, 6.45) is 0. The van der Waals surface area contributed by atoms with Gasteiger partial charge in [0.15, 0.2) is 45.9 Å². The van der Waals surface area contributed by atoms with Crippen LogP contribution in [0.1, 0.15) is 378 Å². The van der Waals surface area contributed by atoms with Crippen molar-refractivity contribution in [1.29, 1.82) is 0 Å². The monoisotopic (exact) mass is 1960 g/mol. The van der Waals surface area contributed by atoms with E-state index in [1.54, 1.807) is 0 Å². The highest BCUT2D eigenvalue weighted by Crippen LogP contribution is 2.50. The number of hydrogen-bond donors (Lipinski definition) is 2. The standard InChI is InChI=1S/C112H170N16Si8/c1-65(2)129(66(3)4,67(5)6)57-49-89-90(50-58-130(68(7)8,69(9)10)70(11)12)114-98-97(113-89)105-121-106(98)126-108-101-102(118-94(54-62-134(80(31)32,81(33)34)82(35)36)93(117-101)53-61-133(77(25)26,78(27)28)79(29)30)110(123-108)128-112-104-103(119-95(55-63-135(83(37)38,84(39)40)85(41)42)96(120-104)56-64-136(86(43)44,87(45)46)88(47)48)111(124-112)127-109-100-99(107(122-109)125-105)115-91(51-59-131(71(13)14,72(15)16)73(17)18)92(116-100)52-60-132(74(19)20,75(21)22)76(23)24/h65-88H,1-48H3,(H2,121,122,123,124,125,126,127,128). The fourth-order valence-corrected chi connectivity index (χ4v) is 68.1. The Morgan fingerprint density at radius 2 is 0.250 bits per heavy atom. The molecule has 7 aromatic rings. The first-order valence-corrected chi connectivity index (χ1v) is 69.8. The molecule has 730 valence electrons. The summed E-state index contributed by atoms with van der Waals surface area (Å²) in [5, 5.41) is 0. The van der Waals surface area contributed by atoms with Crippen LogP contribution in [0.15, 0.2) is 0 Å². The Kier molecular flexibility index (Phi) is 35.4. The maximum absolute atomic E-state index is 5.83. The Morgan fingerprint density at radius 3 is 0.375 bits per heavy atom. The predicted molar refractivity (Wildman–Crippen MR) is 602 cm³/mol. The SMILES string of the molecule is CC(C)[Si](C#Cc1nc2c(nc1C#C[Si](C(C)C)(C(C)C)C(C)C)-c1nc-2nc2nc(nc3[nH]c(nc4[nH]c(n1)c1nc(C#C[Si](C(C)C)(C(C)C)C(C)C)c(C#C[Si](C(C)C)(C(C)C)C(C)C)nc41)c1nc(C#C[Si](C(C)C)(C(C)C)C(C)C)c(C#C[Si](C(C)C)(C(C)C)C(C)C)nc31)-c1nc(C#C[Si](C(C)C)(C(C)C)C(C)C)c(C#C[Si](C(C)C)(C(C)C)C(C)C)nc1-2)(C(C)C)C(C)C. The molecule has 0 amide bonds. The third kappa shape index (κ3) is 20.2. The van der Waals surface area contributed by atoms with Gasteiger partial charge in [-0.25, -0.2) is 69.8 Å². The molecule has 0 spiro atoms. The van der Waals surface area contributed by atoms with Crippen LogP contribution in [0.5, 0.6) is 0 Å². The highest BCUT2D eigenvalue weighted by Gasteiger charge is 2.50. The number of H-pyrrole nitrogens is 2. The van der Waals surface area contributed by atoms with Gasteiger partial charge in [-0.05, 0) is 133 Å². The van der Waals surface area contributed by atoms with Crippen molar-refractivity contribution in [2.75, 3.05) is 0 Å². The van der Waals surface area contributed by atoms with Gasteiger partial charge in [-0.15, -0.1) is 44.3 Å². The van der Waals surface area contributed by atoms with Crippen LogP contribution in [0.2, 0.25) is 133 Å². The summed E-state index contributed by atoms with van der Waals surface area (Å²) < 4.78 is 0. The molecule has 0 unspecified atom stereocenters. The molecule has 7 aromatic heterocycles. The van der Waals surface area contributed by atoms with E-state index in [1.807, 2.05) is 0 Å². The van der Waals surface area contributed by atoms with E-state index in [0.29, 0.717) is 235 Å². The van der Waals surface area contributed by atoms with Gasteiger partial charge in [-0.2, -0.15) is 0 Å². The van der Waals surface area contributed by atoms with Gasteiger partial charge in [0.1, 0.15) is 155 Å². The minimum atomic E-state index is -2.47. The Bertz CT molecular complexity index is 5790. The fourth-order valence-electron chi connectivity index (χ4n) is 26.5. The molecule has 2 N–H and O–H groups in total. The summed E-state index contributed by atoms with van der Waals surface area (Å²) in [4.78, 5) is 88.6. The summed E-state index contributed by atoms with van der Waals surface area (Å²) in [7, 11) is -19.8. The number of rotatable bonds is 24. The molecule has 0 fully saturated rings. The molecule has 9 rings (SSSR count). The van der Waals surface area contributed by atoms with E-state index < -0.39 is 64.6 Å². The zero-order valence-electron chi connectivity index (χ0n) is 93.1. The fraction of sp³-hybridized carbons (Fsp3) is 0.643. The van der Waals surface area contributed by atoms with Crippen molar-refractivity contribution in [3.8, 4) is 138 Å². The largest absolute Gasteiger partial charge is 0.321 e. The summed E-state index contributed by atoms with van der Waals surface area (Å²) >= 11 is 0. The predicted octanol–water partition coefficient (Wildman–Crippen LogP) is 30.6. The molecular weight excluding hydrogens is 1790 g/mol. The van der Waals surface area contributed by atoms with Gasteiger partial charge in [-0.1, -0.05) is 380 Å². The molecular formula is C112H170N16Si8. The van der Waals surface area contributed by atoms with Crippen molar-refractivity contribution in [3.05, 3.63) is 45.6 Å². The van der Waals surface area contributed by atoms with Crippen LogP contribution in [0.4, 0.5) is 0 Å². The van der Waals surface area contributed by atoms with Crippen molar-refractivity contribution in [2.45, 2.75) is 465 Å². The summed E-state index contributed by atoms with van der Waals surface area (Å²) in [6.45, 7) is 112. The van der Waals surface area contributed by atoms with E-state index in [4.69, 9.17) is 69.8 Å². The molecule has 24 heteroatoms. The molecule has 2 aliphatic heterocycles. The zero-order valence-corrected chi connectivity index (χ0v) is 101. The van der Waals surface area contributed by atoms with Crippen LogP contribution >= 0.6 is 0 Å². The lowest BCUT2D eigenvalue weighted by molar-refractivity contribution is 0.838. The van der Waals surface area contributed by atoms with Gasteiger partial charge in [0.25, 0.3) is 0 Å². The smallest absolute Gasteiger partial charge is 0.185 e. The van der Waals surface area contributed by atoms with Crippen molar-refractivity contribution in [2.24, 2.45) is 0 Å². The molecule has 0 saturated heterocycles. The lowest BCUT2D eigenvalue weighted by atomic mass is 10.2. The normalized spacial score (nSPS) is 13.2. The highest BCUT2D eigenvalue weighted by atomic mass is 28.3. The molecule has 9 heterocycles. The molecule has 8 bridgehead atoms. The summed E-state index contributed by atoms with van der Waals surface area (Å²) in [5.41, 5.74) is 47.9. The number of aromatic amines is 2. The second-order valence-corrected chi connectivity index (χ2v) is 91.9. The van der Waals surface area contributed by atoms with Crippen LogP contribution in [0.25, 0.3) is 90.7 Å². The number of fused-ring (bicyclic) bond motifs is 20. The average molecular weight is 1970 g/mol. The minimum Gasteiger partial charge on any atom is -0.321 e. The molecule has 0 radical (unpaired) electrons. The van der Waals surface area contributed by atoms with Gasteiger partial charge in [0.05, 0.1) is 0 Å². The third-order valence-electron chi connectivity index (χ3n) is 33.2. The second-order valence-electron chi connectivity index (χ2n) is 47.3. The molecule has 0 atom stereocenters. The van der Waals surface area contributed by atoms with Crippen molar-refractivity contribution in [3.63, 3.8) is 0 Å². The van der Waals surface area contributed by atoms with E-state index in [-0.39, 0.29) is 34.6 Å². The summed E-state index contributed by atoms with van der Waals surface area (Å²) in [6, 6.07) is 0. The van der Waals surface area contributed by atoms with Crippen LogP contribution < -0.4 is 0 Å². The van der Waals surface area contributed by atoms with Crippen molar-refractivity contribution < 1.29 is 0 Å². The number of hydrogen-bond acceptors (Lipinski definition) is 14. The van der Waals surface area contributed by atoms with Gasteiger partial charge in [0, 0.05) is 0 Å². The molecule has 0 aromatic carbocycles. The van der Waals surface area contributed by atoms with E-state index in [1.165, 1.54) is 0 Å².